The Labute approximate surface area is 179 Å². The fraction of sp³-hybridized carbons (Fsp3) is 0.150. The molecule has 2 N–H and O–H groups in total. The van der Waals surface area contributed by atoms with E-state index in [1.54, 1.807) is 18.2 Å². The Balaban J connectivity index is 1.78. The third-order valence-electron chi connectivity index (χ3n) is 4.22. The van der Waals surface area contributed by atoms with Gasteiger partial charge in [-0.2, -0.15) is 0 Å². The largest absolute Gasteiger partial charge is 0.496 e. The Morgan fingerprint density at radius 1 is 1.20 bits per heavy atom. The smallest absolute Gasteiger partial charge is 0.329 e. The number of carbonyl (C=O) groups excluding carboxylic acids is 3. The third-order valence-corrected chi connectivity index (χ3v) is 4.84. The van der Waals surface area contributed by atoms with Crippen LogP contribution in [0.3, 0.4) is 0 Å². The van der Waals surface area contributed by atoms with Crippen molar-refractivity contribution in [2.24, 2.45) is 0 Å². The number of hydrogen-bond donors (Lipinski definition) is 2. The molecule has 0 atom stereocenters. The van der Waals surface area contributed by atoms with Crippen LogP contribution in [0.1, 0.15) is 5.56 Å². The molecule has 1 fully saturated rings. The predicted octanol–water partition coefficient (Wildman–Crippen LogP) is 3.14. The number of rotatable bonds is 6. The first-order valence-electron chi connectivity index (χ1n) is 8.64. The summed E-state index contributed by atoms with van der Waals surface area (Å²) in [5.41, 5.74) is 0.429. The normalized spacial score (nSPS) is 14.7. The number of methoxy groups -OCH3 is 2. The number of halogens is 2. The minimum atomic E-state index is -0.763. The maximum absolute atomic E-state index is 13.7. The maximum atomic E-state index is 13.7. The van der Waals surface area contributed by atoms with Crippen molar-refractivity contribution in [1.82, 2.24) is 10.2 Å². The molecule has 0 aromatic heterocycles. The van der Waals surface area contributed by atoms with Gasteiger partial charge in [0.15, 0.2) is 0 Å². The van der Waals surface area contributed by atoms with E-state index in [4.69, 9.17) is 9.47 Å². The quantitative estimate of drug-likeness (QED) is 0.492. The number of imide groups is 1. The van der Waals surface area contributed by atoms with Gasteiger partial charge in [0.05, 0.1) is 24.4 Å². The first kappa shape index (κ1) is 21.3. The van der Waals surface area contributed by atoms with E-state index < -0.39 is 30.2 Å². The Bertz CT molecular complexity index is 1060. The summed E-state index contributed by atoms with van der Waals surface area (Å²) in [5, 5.41) is 4.76. The number of benzene rings is 2. The second-order valence-corrected chi connectivity index (χ2v) is 6.99. The van der Waals surface area contributed by atoms with Gasteiger partial charge in [0.2, 0.25) is 5.91 Å². The monoisotopic (exact) mass is 477 g/mol. The third kappa shape index (κ3) is 4.43. The number of nitrogens with one attached hydrogen (secondary N) is 2. The van der Waals surface area contributed by atoms with Gasteiger partial charge >= 0.3 is 6.03 Å². The number of para-hydroxylation sites is 1. The molecular weight excluding hydrogens is 461 g/mol. The first-order valence-corrected chi connectivity index (χ1v) is 9.43. The second kappa shape index (κ2) is 8.95. The van der Waals surface area contributed by atoms with Crippen molar-refractivity contribution in [3.8, 4) is 11.5 Å². The van der Waals surface area contributed by atoms with E-state index >= 15 is 0 Å². The second-order valence-electron chi connectivity index (χ2n) is 6.14. The number of nitrogens with zero attached hydrogens (tertiary/aromatic N) is 1. The summed E-state index contributed by atoms with van der Waals surface area (Å²) in [5.74, 6) is -1.09. The molecule has 0 bridgehead atoms. The van der Waals surface area contributed by atoms with Crippen molar-refractivity contribution < 1.29 is 28.2 Å². The van der Waals surface area contributed by atoms with E-state index in [0.717, 1.165) is 4.90 Å². The standard InChI is InChI=1S/C20H17BrFN3O5/c1-29-16-9-17(30-2)12(21)7-11(16)8-15-19(27)25(20(28)24-15)10-18(26)23-14-6-4-3-5-13(14)22/h3-9H,10H2,1-2H3,(H,23,26)(H,24,28)/b15-8+. The fourth-order valence-electron chi connectivity index (χ4n) is 2.76. The molecule has 2 aromatic carbocycles. The van der Waals surface area contributed by atoms with Crippen molar-refractivity contribution >= 4 is 45.5 Å². The van der Waals surface area contributed by atoms with Crippen LogP contribution in [0.15, 0.2) is 46.6 Å². The van der Waals surface area contributed by atoms with Gasteiger partial charge in [-0.1, -0.05) is 12.1 Å². The number of anilines is 1. The molecule has 0 aliphatic carbocycles. The lowest BCUT2D eigenvalue weighted by molar-refractivity contribution is -0.127. The van der Waals surface area contributed by atoms with Gasteiger partial charge in [-0.3, -0.25) is 9.59 Å². The fourth-order valence-corrected chi connectivity index (χ4v) is 3.29. The molecule has 10 heteroatoms. The van der Waals surface area contributed by atoms with E-state index in [1.807, 2.05) is 0 Å². The molecule has 156 valence electrons. The SMILES string of the molecule is COc1cc(OC)c(/C=C2/NC(=O)N(CC(=O)Nc3ccccc3F)C2=O)cc1Br. The maximum Gasteiger partial charge on any atom is 0.329 e. The summed E-state index contributed by atoms with van der Waals surface area (Å²) in [6, 6.07) is 8.11. The average molecular weight is 478 g/mol. The summed E-state index contributed by atoms with van der Waals surface area (Å²) in [4.78, 5) is 37.7. The molecule has 8 nitrogen and oxygen atoms in total. The highest BCUT2D eigenvalue weighted by molar-refractivity contribution is 9.10. The van der Waals surface area contributed by atoms with Crippen LogP contribution < -0.4 is 20.1 Å². The van der Waals surface area contributed by atoms with E-state index in [9.17, 15) is 18.8 Å². The lowest BCUT2D eigenvalue weighted by Crippen LogP contribution is -2.38. The minimum Gasteiger partial charge on any atom is -0.496 e. The summed E-state index contributed by atoms with van der Waals surface area (Å²) in [6.45, 7) is -0.570. The van der Waals surface area contributed by atoms with Gasteiger partial charge < -0.3 is 20.1 Å². The highest BCUT2D eigenvalue weighted by Crippen LogP contribution is 2.34. The summed E-state index contributed by atoms with van der Waals surface area (Å²) >= 11 is 3.35. The van der Waals surface area contributed by atoms with E-state index in [0.29, 0.717) is 21.5 Å². The summed E-state index contributed by atoms with van der Waals surface area (Å²) < 4.78 is 24.8. The van der Waals surface area contributed by atoms with Crippen molar-refractivity contribution in [2.75, 3.05) is 26.1 Å². The van der Waals surface area contributed by atoms with Crippen molar-refractivity contribution in [2.45, 2.75) is 0 Å². The van der Waals surface area contributed by atoms with Crippen LogP contribution in [0.4, 0.5) is 14.9 Å². The van der Waals surface area contributed by atoms with Gasteiger partial charge in [-0.15, -0.1) is 0 Å². The van der Waals surface area contributed by atoms with Crippen LogP contribution >= 0.6 is 15.9 Å². The molecule has 1 aliphatic heterocycles. The zero-order valence-electron chi connectivity index (χ0n) is 16.0. The Morgan fingerprint density at radius 3 is 2.57 bits per heavy atom. The Morgan fingerprint density at radius 2 is 1.90 bits per heavy atom. The number of ether oxygens (including phenoxy) is 2. The summed E-state index contributed by atoms with van der Waals surface area (Å²) in [7, 11) is 2.96. The van der Waals surface area contributed by atoms with Gasteiger partial charge in [0, 0.05) is 11.6 Å². The number of urea groups is 1. The highest BCUT2D eigenvalue weighted by atomic mass is 79.9. The highest BCUT2D eigenvalue weighted by Gasteiger charge is 2.35. The number of amides is 4. The molecule has 4 amide bonds. The van der Waals surface area contributed by atoms with Gasteiger partial charge in [-0.05, 0) is 40.2 Å². The zero-order chi connectivity index (χ0) is 21.8. The zero-order valence-corrected chi connectivity index (χ0v) is 17.6. The topological polar surface area (TPSA) is 97.0 Å². The van der Waals surface area contributed by atoms with Crippen LogP contribution in [0.2, 0.25) is 0 Å². The Kier molecular flexibility index (Phi) is 6.36. The minimum absolute atomic E-state index is 0.0333. The predicted molar refractivity (Wildman–Crippen MR) is 110 cm³/mol. The van der Waals surface area contributed by atoms with Crippen LogP contribution in [-0.2, 0) is 9.59 Å². The molecule has 1 heterocycles. The molecule has 0 radical (unpaired) electrons. The molecule has 3 rings (SSSR count). The van der Waals surface area contributed by atoms with Crippen molar-refractivity contribution in [1.29, 1.82) is 0 Å². The van der Waals surface area contributed by atoms with Crippen LogP contribution in [0.25, 0.3) is 6.08 Å². The molecular formula is C20H17BrFN3O5. The molecule has 0 saturated carbocycles. The first-order chi connectivity index (χ1) is 14.3. The van der Waals surface area contributed by atoms with Crippen molar-refractivity contribution in [3.63, 3.8) is 0 Å². The van der Waals surface area contributed by atoms with Crippen LogP contribution in [0, 0.1) is 5.82 Å². The molecule has 0 spiro atoms. The molecule has 2 aromatic rings. The average Bonchev–Trinajstić information content (AvgIpc) is 2.97. The molecule has 1 aliphatic rings. The summed E-state index contributed by atoms with van der Waals surface area (Å²) in [6.07, 6.45) is 1.43. The molecule has 0 unspecified atom stereocenters. The van der Waals surface area contributed by atoms with Gasteiger partial charge in [0.25, 0.3) is 5.91 Å². The molecule has 30 heavy (non-hydrogen) atoms. The Hall–Kier alpha value is -3.40. The van der Waals surface area contributed by atoms with Gasteiger partial charge in [0.1, 0.15) is 29.6 Å². The molecule has 1 saturated heterocycles. The van der Waals surface area contributed by atoms with Crippen LogP contribution in [-0.4, -0.2) is 43.5 Å². The van der Waals surface area contributed by atoms with E-state index in [2.05, 4.69) is 26.6 Å². The van der Waals surface area contributed by atoms with Gasteiger partial charge in [-0.25, -0.2) is 14.1 Å². The van der Waals surface area contributed by atoms with E-state index in [-0.39, 0.29) is 11.4 Å². The van der Waals surface area contributed by atoms with Crippen molar-refractivity contribution in [3.05, 3.63) is 57.9 Å². The van der Waals surface area contributed by atoms with Crippen LogP contribution in [0.5, 0.6) is 11.5 Å². The van der Waals surface area contributed by atoms with E-state index in [1.165, 1.54) is 38.5 Å². The lowest BCUT2D eigenvalue weighted by atomic mass is 10.1. The number of hydrogen-bond acceptors (Lipinski definition) is 5. The number of carbonyl (C=O) groups is 3. The lowest BCUT2D eigenvalue weighted by Gasteiger charge is -2.12.